The molecule has 1 saturated carbocycles. The molecule has 0 aliphatic heterocycles. The second-order valence-electron chi connectivity index (χ2n) is 8.35. The van der Waals surface area contributed by atoms with E-state index in [9.17, 15) is 22.4 Å². The Morgan fingerprint density at radius 3 is 2.63 bits per heavy atom. The number of aromatic amines is 1. The number of alkyl halides is 2. The quantitative estimate of drug-likeness (QED) is 0.356. The molecule has 0 bridgehead atoms. The molecule has 1 heterocycles. The van der Waals surface area contributed by atoms with Gasteiger partial charge in [-0.05, 0) is 49.9 Å². The van der Waals surface area contributed by atoms with Gasteiger partial charge in [-0.3, -0.25) is 4.79 Å². The third-order valence-electron chi connectivity index (χ3n) is 5.46. The molecule has 186 valence electrons. The van der Waals surface area contributed by atoms with Gasteiger partial charge in [0.2, 0.25) is 0 Å². The van der Waals surface area contributed by atoms with Crippen molar-refractivity contribution in [3.8, 4) is 22.9 Å². The largest absolute Gasteiger partial charge is 0.489 e. The lowest BCUT2D eigenvalue weighted by Gasteiger charge is -2.13. The topological polar surface area (TPSA) is 102 Å². The summed E-state index contributed by atoms with van der Waals surface area (Å²) in [7, 11) is 0. The predicted octanol–water partition coefficient (Wildman–Crippen LogP) is 4.69. The van der Waals surface area contributed by atoms with E-state index in [0.29, 0.717) is 23.8 Å². The van der Waals surface area contributed by atoms with Crippen molar-refractivity contribution < 1.29 is 31.8 Å². The Morgan fingerprint density at radius 1 is 1.20 bits per heavy atom. The number of nitrogens with two attached hydrogens (primary N) is 1. The summed E-state index contributed by atoms with van der Waals surface area (Å²) >= 11 is 0. The predicted molar refractivity (Wildman–Crippen MR) is 119 cm³/mol. The molecule has 1 amide bonds. The summed E-state index contributed by atoms with van der Waals surface area (Å²) in [6, 6.07) is 6.79. The molecule has 0 spiro atoms. The molecule has 0 saturated heterocycles. The Morgan fingerprint density at radius 2 is 1.97 bits per heavy atom. The zero-order valence-corrected chi connectivity index (χ0v) is 18.8. The highest BCUT2D eigenvalue weighted by Crippen LogP contribution is 2.36. The Labute approximate surface area is 198 Å². The van der Waals surface area contributed by atoms with Gasteiger partial charge in [0.25, 0.3) is 5.91 Å². The van der Waals surface area contributed by atoms with Crippen molar-refractivity contribution in [1.29, 1.82) is 0 Å². The molecule has 3 aromatic rings. The standard InChI is InChI=1S/C24H24F4N4O3/c1-12(29)20-21(23(33)30-10-15-4-6-16(25)9-17(15)26)32-22(31-20)14-5-7-18(35-24(27)28)19(8-14)34-11-13-2-3-13/h4-9,12-13,24H,2-3,10-11,29H2,1H3,(H,30,33)(H,31,32)/t12-/m0/s1. The molecular formula is C24H24F4N4O3. The van der Waals surface area contributed by atoms with Gasteiger partial charge in [-0.2, -0.15) is 8.78 Å². The third kappa shape index (κ3) is 6.10. The van der Waals surface area contributed by atoms with E-state index in [1.165, 1.54) is 24.3 Å². The zero-order valence-electron chi connectivity index (χ0n) is 18.8. The van der Waals surface area contributed by atoms with Crippen molar-refractivity contribution in [1.82, 2.24) is 15.3 Å². The zero-order chi connectivity index (χ0) is 25.1. The van der Waals surface area contributed by atoms with Crippen molar-refractivity contribution in [2.24, 2.45) is 11.7 Å². The van der Waals surface area contributed by atoms with E-state index in [4.69, 9.17) is 10.5 Å². The number of imidazole rings is 1. The van der Waals surface area contributed by atoms with E-state index in [0.717, 1.165) is 25.0 Å². The minimum Gasteiger partial charge on any atom is -0.489 e. The molecule has 0 unspecified atom stereocenters. The summed E-state index contributed by atoms with van der Waals surface area (Å²) in [5.74, 6) is -1.47. The van der Waals surface area contributed by atoms with Crippen LogP contribution in [0.25, 0.3) is 11.4 Å². The average Bonchev–Trinajstić information content (AvgIpc) is 3.52. The van der Waals surface area contributed by atoms with Gasteiger partial charge in [-0.15, -0.1) is 0 Å². The number of ether oxygens (including phenoxy) is 2. The number of carbonyl (C=O) groups excluding carboxylic acids is 1. The van der Waals surface area contributed by atoms with E-state index in [2.05, 4.69) is 20.0 Å². The molecule has 11 heteroatoms. The summed E-state index contributed by atoms with van der Waals surface area (Å²) in [6.45, 7) is -1.18. The van der Waals surface area contributed by atoms with E-state index in [-0.39, 0.29) is 35.1 Å². The molecule has 7 nitrogen and oxygen atoms in total. The molecule has 4 N–H and O–H groups in total. The first-order valence-corrected chi connectivity index (χ1v) is 11.0. The fourth-order valence-corrected chi connectivity index (χ4v) is 3.40. The SMILES string of the molecule is C[C@H](N)c1[nH]c(-c2ccc(OC(F)F)c(OCC3CC3)c2)nc1C(=O)NCc1ccc(F)cc1F. The number of amides is 1. The van der Waals surface area contributed by atoms with Crippen LogP contribution in [0.4, 0.5) is 17.6 Å². The molecule has 1 aromatic heterocycles. The first kappa shape index (κ1) is 24.5. The number of benzene rings is 2. The third-order valence-corrected chi connectivity index (χ3v) is 5.46. The maximum atomic E-state index is 13.9. The molecule has 1 aliphatic carbocycles. The van der Waals surface area contributed by atoms with Crippen LogP contribution in [-0.4, -0.2) is 29.1 Å². The van der Waals surface area contributed by atoms with Crippen LogP contribution in [-0.2, 0) is 6.54 Å². The molecule has 4 rings (SSSR count). The molecule has 2 aromatic carbocycles. The van der Waals surface area contributed by atoms with E-state index < -0.39 is 30.2 Å². The molecule has 0 radical (unpaired) electrons. The van der Waals surface area contributed by atoms with Crippen LogP contribution in [0, 0.1) is 17.6 Å². The number of nitrogens with zero attached hydrogens (tertiary/aromatic N) is 1. The van der Waals surface area contributed by atoms with Crippen molar-refractivity contribution >= 4 is 5.91 Å². The lowest BCUT2D eigenvalue weighted by molar-refractivity contribution is -0.0515. The van der Waals surface area contributed by atoms with Gasteiger partial charge in [0, 0.05) is 29.8 Å². The summed E-state index contributed by atoms with van der Waals surface area (Å²) in [5, 5.41) is 2.55. The van der Waals surface area contributed by atoms with Crippen molar-refractivity contribution in [2.45, 2.75) is 39.0 Å². The Balaban J connectivity index is 1.58. The normalized spacial score (nSPS) is 14.1. The van der Waals surface area contributed by atoms with E-state index >= 15 is 0 Å². The highest BCUT2D eigenvalue weighted by atomic mass is 19.3. The Kier molecular flexibility index (Phi) is 7.25. The highest BCUT2D eigenvalue weighted by Gasteiger charge is 2.25. The smallest absolute Gasteiger partial charge is 0.387 e. The fourth-order valence-electron chi connectivity index (χ4n) is 3.40. The number of hydrogen-bond donors (Lipinski definition) is 3. The maximum absolute atomic E-state index is 13.9. The van der Waals surface area contributed by atoms with E-state index in [1.54, 1.807) is 6.92 Å². The lowest BCUT2D eigenvalue weighted by Crippen LogP contribution is -2.26. The summed E-state index contributed by atoms with van der Waals surface area (Å²) < 4.78 is 62.9. The number of hydrogen-bond acceptors (Lipinski definition) is 5. The second kappa shape index (κ2) is 10.3. The van der Waals surface area contributed by atoms with Crippen molar-refractivity contribution in [3.63, 3.8) is 0 Å². The van der Waals surface area contributed by atoms with Crippen LogP contribution < -0.4 is 20.5 Å². The van der Waals surface area contributed by atoms with Gasteiger partial charge in [0.05, 0.1) is 12.3 Å². The molecule has 1 aliphatic rings. The highest BCUT2D eigenvalue weighted by molar-refractivity contribution is 5.94. The molecule has 35 heavy (non-hydrogen) atoms. The number of carbonyl (C=O) groups is 1. The fraction of sp³-hybridized carbons (Fsp3) is 0.333. The number of halogens is 4. The van der Waals surface area contributed by atoms with Crippen LogP contribution in [0.15, 0.2) is 36.4 Å². The van der Waals surface area contributed by atoms with Crippen molar-refractivity contribution in [3.05, 3.63) is 65.0 Å². The molecule has 1 fully saturated rings. The molecular weight excluding hydrogens is 468 g/mol. The van der Waals surface area contributed by atoms with Crippen LogP contribution in [0.1, 0.15) is 47.6 Å². The van der Waals surface area contributed by atoms with Gasteiger partial charge in [0.1, 0.15) is 17.5 Å². The Bertz CT molecular complexity index is 1210. The van der Waals surface area contributed by atoms with Crippen LogP contribution in [0.5, 0.6) is 11.5 Å². The first-order valence-electron chi connectivity index (χ1n) is 11.0. The van der Waals surface area contributed by atoms with Crippen LogP contribution in [0.2, 0.25) is 0 Å². The van der Waals surface area contributed by atoms with Gasteiger partial charge in [-0.1, -0.05) is 6.07 Å². The number of rotatable bonds is 10. The number of aromatic nitrogens is 2. The summed E-state index contributed by atoms with van der Waals surface area (Å²) in [6.07, 6.45) is 2.03. The molecule has 1 atom stereocenters. The monoisotopic (exact) mass is 492 g/mol. The van der Waals surface area contributed by atoms with Gasteiger partial charge >= 0.3 is 6.61 Å². The van der Waals surface area contributed by atoms with Crippen LogP contribution in [0.3, 0.4) is 0 Å². The van der Waals surface area contributed by atoms with Crippen LogP contribution >= 0.6 is 0 Å². The van der Waals surface area contributed by atoms with Gasteiger partial charge in [0.15, 0.2) is 17.2 Å². The van der Waals surface area contributed by atoms with Crippen molar-refractivity contribution in [2.75, 3.05) is 6.61 Å². The minimum absolute atomic E-state index is 0.00845. The summed E-state index contributed by atoms with van der Waals surface area (Å²) in [5.41, 5.74) is 6.89. The van der Waals surface area contributed by atoms with Gasteiger partial charge < -0.3 is 25.5 Å². The number of nitrogens with one attached hydrogen (secondary N) is 2. The Hall–Kier alpha value is -3.60. The maximum Gasteiger partial charge on any atom is 0.387 e. The van der Waals surface area contributed by atoms with E-state index in [1.807, 2.05) is 0 Å². The first-order chi connectivity index (χ1) is 16.7. The number of H-pyrrole nitrogens is 1. The summed E-state index contributed by atoms with van der Waals surface area (Å²) in [4.78, 5) is 20.2. The second-order valence-corrected chi connectivity index (χ2v) is 8.35. The lowest BCUT2D eigenvalue weighted by atomic mass is 10.2. The van der Waals surface area contributed by atoms with Gasteiger partial charge in [-0.25, -0.2) is 13.8 Å². The average molecular weight is 492 g/mol. The minimum atomic E-state index is -3.02.